The first-order valence-electron chi connectivity index (χ1n) is 10.6. The van der Waals surface area contributed by atoms with Crippen LogP contribution in [-0.4, -0.2) is 21.8 Å². The summed E-state index contributed by atoms with van der Waals surface area (Å²) in [6.07, 6.45) is 4.46. The zero-order valence-corrected chi connectivity index (χ0v) is 17.6. The Bertz CT molecular complexity index is 1230. The molecule has 5 rings (SSSR count). The lowest BCUT2D eigenvalue weighted by molar-refractivity contribution is 0.242. The van der Waals surface area contributed by atoms with Gasteiger partial charge in [-0.3, -0.25) is 9.97 Å². The fraction of sp³-hybridized carbons (Fsp3) is 0.192. The number of aromatic nitrogens is 2. The maximum atomic E-state index is 5.73. The van der Waals surface area contributed by atoms with Gasteiger partial charge in [0.05, 0.1) is 28.9 Å². The van der Waals surface area contributed by atoms with E-state index in [1.54, 1.807) is 12.4 Å². The van der Waals surface area contributed by atoms with E-state index in [-0.39, 0.29) is 12.1 Å². The number of rotatable bonds is 5. The van der Waals surface area contributed by atoms with Crippen molar-refractivity contribution in [3.8, 4) is 16.9 Å². The molecule has 0 bridgehead atoms. The van der Waals surface area contributed by atoms with Crippen LogP contribution in [-0.2, 0) is 0 Å². The van der Waals surface area contributed by atoms with E-state index in [0.29, 0.717) is 0 Å². The highest BCUT2D eigenvalue weighted by molar-refractivity contribution is 6.02. The summed E-state index contributed by atoms with van der Waals surface area (Å²) in [5, 5.41) is 4.60. The first-order valence-corrected chi connectivity index (χ1v) is 10.6. The van der Waals surface area contributed by atoms with Crippen molar-refractivity contribution in [3.63, 3.8) is 0 Å². The van der Waals surface area contributed by atoms with Crippen LogP contribution >= 0.6 is 0 Å². The van der Waals surface area contributed by atoms with Gasteiger partial charge in [0, 0.05) is 18.8 Å². The van der Waals surface area contributed by atoms with Gasteiger partial charge in [-0.25, -0.2) is 0 Å². The van der Waals surface area contributed by atoms with E-state index in [1.807, 2.05) is 32.0 Å². The van der Waals surface area contributed by atoms with Crippen LogP contribution in [0, 0.1) is 0 Å². The van der Waals surface area contributed by atoms with Gasteiger partial charge in [-0.2, -0.15) is 5.10 Å². The molecule has 3 aromatic carbocycles. The molecule has 5 nitrogen and oxygen atoms in total. The second-order valence-electron chi connectivity index (χ2n) is 8.02. The Morgan fingerprint density at radius 2 is 1.45 bits per heavy atom. The molecule has 0 fully saturated rings. The van der Waals surface area contributed by atoms with Gasteiger partial charge in [-0.1, -0.05) is 42.5 Å². The van der Waals surface area contributed by atoms with Gasteiger partial charge in [0.25, 0.3) is 0 Å². The summed E-state index contributed by atoms with van der Waals surface area (Å²) in [5.74, 6) is 0.896. The van der Waals surface area contributed by atoms with Crippen molar-refractivity contribution >= 4 is 16.7 Å². The molecule has 0 amide bonds. The molecule has 0 saturated carbocycles. The van der Waals surface area contributed by atoms with E-state index in [4.69, 9.17) is 4.74 Å². The lowest BCUT2D eigenvalue weighted by Crippen LogP contribution is -2.10. The number of nitrogens with zero attached hydrogens (tertiary/aromatic N) is 3. The third kappa shape index (κ3) is 4.12. The monoisotopic (exact) mass is 408 g/mol. The second-order valence-corrected chi connectivity index (χ2v) is 8.02. The molecule has 0 saturated heterocycles. The fourth-order valence-electron chi connectivity index (χ4n) is 3.87. The third-order valence-electron chi connectivity index (χ3n) is 5.43. The molecule has 0 aliphatic carbocycles. The molecule has 4 aromatic rings. The van der Waals surface area contributed by atoms with E-state index in [1.165, 1.54) is 16.7 Å². The van der Waals surface area contributed by atoms with Crippen molar-refractivity contribution in [1.82, 2.24) is 15.4 Å². The lowest BCUT2D eigenvalue weighted by atomic mass is 9.97. The third-order valence-corrected chi connectivity index (χ3v) is 5.43. The Morgan fingerprint density at radius 3 is 2.16 bits per heavy atom. The van der Waals surface area contributed by atoms with Gasteiger partial charge in [-0.05, 0) is 60.4 Å². The van der Waals surface area contributed by atoms with Crippen molar-refractivity contribution in [2.24, 2.45) is 5.10 Å². The van der Waals surface area contributed by atoms with Crippen LogP contribution in [0.3, 0.4) is 0 Å². The minimum Gasteiger partial charge on any atom is -0.491 e. The molecule has 1 aliphatic heterocycles. The van der Waals surface area contributed by atoms with Crippen LogP contribution in [0.25, 0.3) is 22.2 Å². The second kappa shape index (κ2) is 8.19. The molecule has 5 heteroatoms. The molecule has 2 heterocycles. The average molecular weight is 409 g/mol. The molecule has 1 atom stereocenters. The summed E-state index contributed by atoms with van der Waals surface area (Å²) in [5.41, 5.74) is 10.8. The van der Waals surface area contributed by atoms with Gasteiger partial charge >= 0.3 is 0 Å². The highest BCUT2D eigenvalue weighted by atomic mass is 16.5. The standard InChI is InChI=1S/C26H24N4O/c1-17(2)31-22-10-7-19(8-11-22)18-3-5-20(6-4-18)24-16-25(30-29-24)21-9-12-23-26(15-21)28-14-13-27-23/h3-15,17,25,30H,16H2,1-2H3. The van der Waals surface area contributed by atoms with Crippen LogP contribution < -0.4 is 10.2 Å². The Morgan fingerprint density at radius 1 is 0.806 bits per heavy atom. The van der Waals surface area contributed by atoms with E-state index >= 15 is 0 Å². The number of benzene rings is 3. The van der Waals surface area contributed by atoms with Gasteiger partial charge in [0.1, 0.15) is 5.75 Å². The van der Waals surface area contributed by atoms with Crippen molar-refractivity contribution in [3.05, 3.63) is 90.3 Å². The van der Waals surface area contributed by atoms with E-state index < -0.39 is 0 Å². The quantitative estimate of drug-likeness (QED) is 0.472. The molecular formula is C26H24N4O. The van der Waals surface area contributed by atoms with Crippen molar-refractivity contribution < 1.29 is 4.74 Å². The van der Waals surface area contributed by atoms with Crippen LogP contribution in [0.2, 0.25) is 0 Å². The topological polar surface area (TPSA) is 59.4 Å². The number of hydrogen-bond donors (Lipinski definition) is 1. The fourth-order valence-corrected chi connectivity index (χ4v) is 3.87. The van der Waals surface area contributed by atoms with Crippen LogP contribution in [0.4, 0.5) is 0 Å². The van der Waals surface area contributed by atoms with Crippen LogP contribution in [0.1, 0.15) is 37.4 Å². The minimum absolute atomic E-state index is 0.148. The smallest absolute Gasteiger partial charge is 0.119 e. The SMILES string of the molecule is CC(C)Oc1ccc(-c2ccc(C3=NNC(c4ccc5nccnc5c4)C3)cc2)cc1. The maximum Gasteiger partial charge on any atom is 0.119 e. The molecule has 0 radical (unpaired) electrons. The maximum absolute atomic E-state index is 5.73. The average Bonchev–Trinajstić information content (AvgIpc) is 3.29. The van der Waals surface area contributed by atoms with Crippen LogP contribution in [0.5, 0.6) is 5.75 Å². The largest absolute Gasteiger partial charge is 0.491 e. The molecule has 1 unspecified atom stereocenters. The van der Waals surface area contributed by atoms with Gasteiger partial charge in [-0.15, -0.1) is 0 Å². The zero-order chi connectivity index (χ0) is 21.2. The number of hydrazone groups is 1. The zero-order valence-electron chi connectivity index (χ0n) is 17.6. The number of hydrogen-bond acceptors (Lipinski definition) is 5. The summed E-state index contributed by atoms with van der Waals surface area (Å²) in [6.45, 7) is 4.07. The van der Waals surface area contributed by atoms with Gasteiger partial charge in [0.15, 0.2) is 0 Å². The predicted molar refractivity (Wildman–Crippen MR) is 124 cm³/mol. The summed E-state index contributed by atoms with van der Waals surface area (Å²) >= 11 is 0. The Balaban J connectivity index is 1.29. The Hall–Kier alpha value is -3.73. The Kier molecular flexibility index (Phi) is 5.08. The molecular weight excluding hydrogens is 384 g/mol. The van der Waals surface area contributed by atoms with E-state index in [2.05, 4.69) is 69.0 Å². The highest BCUT2D eigenvalue weighted by Gasteiger charge is 2.21. The first-order chi connectivity index (χ1) is 15.2. The normalized spacial score (nSPS) is 15.7. The van der Waals surface area contributed by atoms with Gasteiger partial charge in [0.2, 0.25) is 0 Å². The first kappa shape index (κ1) is 19.2. The van der Waals surface area contributed by atoms with E-state index in [9.17, 15) is 0 Å². The van der Waals surface area contributed by atoms with Crippen molar-refractivity contribution in [2.45, 2.75) is 32.4 Å². The lowest BCUT2D eigenvalue weighted by Gasteiger charge is -2.11. The highest BCUT2D eigenvalue weighted by Crippen LogP contribution is 2.28. The number of ether oxygens (including phenoxy) is 1. The molecule has 1 aliphatic rings. The predicted octanol–water partition coefficient (Wildman–Crippen LogP) is 5.52. The molecule has 1 aromatic heterocycles. The summed E-state index contributed by atoms with van der Waals surface area (Å²) in [7, 11) is 0. The van der Waals surface area contributed by atoms with Crippen molar-refractivity contribution in [1.29, 1.82) is 0 Å². The molecule has 1 N–H and O–H groups in total. The summed E-state index contributed by atoms with van der Waals surface area (Å²) in [4.78, 5) is 8.76. The van der Waals surface area contributed by atoms with Gasteiger partial charge < -0.3 is 10.2 Å². The molecule has 154 valence electrons. The summed E-state index contributed by atoms with van der Waals surface area (Å²) in [6, 6.07) is 23.2. The number of fused-ring (bicyclic) bond motifs is 1. The summed E-state index contributed by atoms with van der Waals surface area (Å²) < 4.78 is 5.73. The number of nitrogens with one attached hydrogen (secondary N) is 1. The minimum atomic E-state index is 0.148. The van der Waals surface area contributed by atoms with Crippen molar-refractivity contribution in [2.75, 3.05) is 0 Å². The molecule has 31 heavy (non-hydrogen) atoms. The van der Waals surface area contributed by atoms with Crippen LogP contribution in [0.15, 0.2) is 84.2 Å². The van der Waals surface area contributed by atoms with E-state index in [0.717, 1.165) is 34.5 Å². The molecule has 0 spiro atoms. The Labute approximate surface area is 181 Å².